The SMILES string of the molecule is CCCCCC(NC(=O)Cn1ccc(=O)n(C)c1=O)c1ccccc1. The third-order valence-electron chi connectivity index (χ3n) is 4.21. The molecule has 6 nitrogen and oxygen atoms in total. The molecule has 0 fully saturated rings. The van der Waals surface area contributed by atoms with Gasteiger partial charge in [-0.2, -0.15) is 0 Å². The molecule has 0 aliphatic heterocycles. The molecule has 1 aromatic heterocycles. The van der Waals surface area contributed by atoms with E-state index in [0.29, 0.717) is 0 Å². The van der Waals surface area contributed by atoms with Gasteiger partial charge >= 0.3 is 5.69 Å². The zero-order valence-electron chi connectivity index (χ0n) is 14.8. The summed E-state index contributed by atoms with van der Waals surface area (Å²) in [5.41, 5.74) is 0.174. The van der Waals surface area contributed by atoms with Crippen LogP contribution in [-0.4, -0.2) is 15.0 Å². The smallest absolute Gasteiger partial charge is 0.331 e. The van der Waals surface area contributed by atoms with Crippen molar-refractivity contribution in [3.8, 4) is 0 Å². The Bertz CT molecular complexity index is 809. The maximum atomic E-state index is 12.4. The summed E-state index contributed by atoms with van der Waals surface area (Å²) in [6.45, 7) is 2.03. The van der Waals surface area contributed by atoms with Crippen LogP contribution in [0.2, 0.25) is 0 Å². The Morgan fingerprint density at radius 3 is 2.52 bits per heavy atom. The van der Waals surface area contributed by atoms with Gasteiger partial charge in [-0.3, -0.25) is 18.7 Å². The quantitative estimate of drug-likeness (QED) is 0.745. The van der Waals surface area contributed by atoms with E-state index in [1.54, 1.807) is 0 Å². The zero-order valence-corrected chi connectivity index (χ0v) is 14.8. The highest BCUT2D eigenvalue weighted by molar-refractivity contribution is 5.76. The highest BCUT2D eigenvalue weighted by atomic mass is 16.2. The Kier molecular flexibility index (Phi) is 6.74. The van der Waals surface area contributed by atoms with Crippen molar-refractivity contribution >= 4 is 5.91 Å². The molecule has 2 aromatic rings. The van der Waals surface area contributed by atoms with Crippen molar-refractivity contribution in [3.63, 3.8) is 0 Å². The highest BCUT2D eigenvalue weighted by Gasteiger charge is 2.15. The van der Waals surface area contributed by atoms with Gasteiger partial charge in [-0.25, -0.2) is 4.79 Å². The van der Waals surface area contributed by atoms with Gasteiger partial charge in [0.15, 0.2) is 0 Å². The Hall–Kier alpha value is -2.63. The summed E-state index contributed by atoms with van der Waals surface area (Å²) in [6.07, 6.45) is 5.46. The van der Waals surface area contributed by atoms with Gasteiger partial charge in [0.2, 0.25) is 5.91 Å². The number of benzene rings is 1. The fourth-order valence-electron chi connectivity index (χ4n) is 2.74. The fourth-order valence-corrected chi connectivity index (χ4v) is 2.74. The minimum atomic E-state index is -0.495. The molecule has 0 aliphatic carbocycles. The maximum Gasteiger partial charge on any atom is 0.331 e. The molecule has 2 rings (SSSR count). The van der Waals surface area contributed by atoms with Crippen molar-refractivity contribution < 1.29 is 4.79 Å². The second-order valence-corrected chi connectivity index (χ2v) is 6.15. The molecule has 0 saturated carbocycles. The predicted octanol–water partition coefficient (Wildman–Crippen LogP) is 1.98. The number of unbranched alkanes of at least 4 members (excludes halogenated alkanes) is 2. The van der Waals surface area contributed by atoms with Crippen LogP contribution in [0.5, 0.6) is 0 Å². The lowest BCUT2D eigenvalue weighted by molar-refractivity contribution is -0.122. The Balaban J connectivity index is 2.10. The number of nitrogens with zero attached hydrogens (tertiary/aromatic N) is 2. The van der Waals surface area contributed by atoms with Crippen molar-refractivity contribution in [1.82, 2.24) is 14.5 Å². The van der Waals surface area contributed by atoms with Crippen LogP contribution in [0.15, 0.2) is 52.2 Å². The van der Waals surface area contributed by atoms with E-state index < -0.39 is 5.69 Å². The van der Waals surface area contributed by atoms with Crippen molar-refractivity contribution in [1.29, 1.82) is 0 Å². The average molecular weight is 343 g/mol. The molecular weight excluding hydrogens is 318 g/mol. The minimum absolute atomic E-state index is 0.0801. The van der Waals surface area contributed by atoms with E-state index in [-0.39, 0.29) is 24.1 Å². The number of aromatic nitrogens is 2. The molecular formula is C19H25N3O3. The molecule has 1 N–H and O–H groups in total. The third-order valence-corrected chi connectivity index (χ3v) is 4.21. The number of carbonyl (C=O) groups is 1. The van der Waals surface area contributed by atoms with Gasteiger partial charge in [0.05, 0.1) is 6.04 Å². The van der Waals surface area contributed by atoms with E-state index in [9.17, 15) is 14.4 Å². The summed E-state index contributed by atoms with van der Waals surface area (Å²) in [6, 6.07) is 11.0. The van der Waals surface area contributed by atoms with Gasteiger partial charge in [-0.1, -0.05) is 56.5 Å². The third kappa shape index (κ3) is 5.17. The minimum Gasteiger partial charge on any atom is -0.348 e. The second-order valence-electron chi connectivity index (χ2n) is 6.15. The van der Waals surface area contributed by atoms with Gasteiger partial charge in [0.1, 0.15) is 6.54 Å². The molecule has 1 amide bonds. The number of nitrogens with one attached hydrogen (secondary N) is 1. The van der Waals surface area contributed by atoms with Crippen LogP contribution in [0.1, 0.15) is 44.2 Å². The van der Waals surface area contributed by atoms with Crippen molar-refractivity contribution in [3.05, 3.63) is 69.0 Å². The van der Waals surface area contributed by atoms with E-state index in [1.807, 2.05) is 30.3 Å². The van der Waals surface area contributed by atoms with Gasteiger partial charge in [0.25, 0.3) is 5.56 Å². The topological polar surface area (TPSA) is 73.1 Å². The van der Waals surface area contributed by atoms with Crippen molar-refractivity contribution in [2.24, 2.45) is 7.05 Å². The van der Waals surface area contributed by atoms with Crippen LogP contribution < -0.4 is 16.6 Å². The largest absolute Gasteiger partial charge is 0.348 e. The van der Waals surface area contributed by atoms with Gasteiger partial charge in [-0.15, -0.1) is 0 Å². The molecule has 134 valence electrons. The van der Waals surface area contributed by atoms with Gasteiger partial charge in [-0.05, 0) is 12.0 Å². The van der Waals surface area contributed by atoms with E-state index >= 15 is 0 Å². The van der Waals surface area contributed by atoms with Crippen molar-refractivity contribution in [2.45, 2.75) is 45.2 Å². The maximum absolute atomic E-state index is 12.4. The molecule has 0 saturated heterocycles. The highest BCUT2D eigenvalue weighted by Crippen LogP contribution is 2.19. The molecule has 1 atom stereocenters. The van der Waals surface area contributed by atoms with E-state index in [0.717, 1.165) is 35.8 Å². The standard InChI is InChI=1S/C19H25N3O3/c1-3-4-6-11-16(15-9-7-5-8-10-15)20-17(23)14-22-13-12-18(24)21(2)19(22)25/h5,7-10,12-13,16H,3-4,6,11,14H2,1-2H3,(H,20,23). The fraction of sp³-hybridized carbons (Fsp3) is 0.421. The lowest BCUT2D eigenvalue weighted by atomic mass is 10.0. The molecule has 25 heavy (non-hydrogen) atoms. The Morgan fingerprint density at radius 1 is 1.12 bits per heavy atom. The number of hydrogen-bond acceptors (Lipinski definition) is 3. The molecule has 1 heterocycles. The van der Waals surface area contributed by atoms with Gasteiger partial charge < -0.3 is 5.32 Å². The molecule has 0 spiro atoms. The summed E-state index contributed by atoms with van der Waals surface area (Å²) in [5.74, 6) is -0.244. The Labute approximate surface area is 147 Å². The second kappa shape index (κ2) is 9.01. The normalized spacial score (nSPS) is 11.9. The molecule has 0 bridgehead atoms. The lowest BCUT2D eigenvalue weighted by Crippen LogP contribution is -2.40. The lowest BCUT2D eigenvalue weighted by Gasteiger charge is -2.19. The van der Waals surface area contributed by atoms with Crippen LogP contribution in [0.25, 0.3) is 0 Å². The molecule has 1 unspecified atom stereocenters. The molecule has 1 aromatic carbocycles. The number of hydrogen-bond donors (Lipinski definition) is 1. The van der Waals surface area contributed by atoms with Crippen LogP contribution in [0, 0.1) is 0 Å². The number of carbonyl (C=O) groups excluding carboxylic acids is 1. The van der Waals surface area contributed by atoms with Gasteiger partial charge in [0, 0.05) is 19.3 Å². The van der Waals surface area contributed by atoms with E-state index in [2.05, 4.69) is 12.2 Å². The number of amides is 1. The van der Waals surface area contributed by atoms with Crippen LogP contribution in [-0.2, 0) is 18.4 Å². The summed E-state index contributed by atoms with van der Waals surface area (Å²) in [4.78, 5) is 35.9. The van der Waals surface area contributed by atoms with E-state index in [1.165, 1.54) is 23.9 Å². The summed E-state index contributed by atoms with van der Waals surface area (Å²) < 4.78 is 2.23. The monoisotopic (exact) mass is 343 g/mol. The first-order valence-electron chi connectivity index (χ1n) is 8.63. The first kappa shape index (κ1) is 18.7. The zero-order chi connectivity index (χ0) is 18.2. The van der Waals surface area contributed by atoms with E-state index in [4.69, 9.17) is 0 Å². The summed E-state index contributed by atoms with van der Waals surface area (Å²) >= 11 is 0. The first-order valence-corrected chi connectivity index (χ1v) is 8.63. The molecule has 0 radical (unpaired) electrons. The summed E-state index contributed by atoms with van der Waals surface area (Å²) in [7, 11) is 1.40. The summed E-state index contributed by atoms with van der Waals surface area (Å²) in [5, 5.41) is 3.02. The Morgan fingerprint density at radius 2 is 1.84 bits per heavy atom. The first-order chi connectivity index (χ1) is 12.0. The molecule has 6 heteroatoms. The van der Waals surface area contributed by atoms with Crippen LogP contribution in [0.3, 0.4) is 0 Å². The van der Waals surface area contributed by atoms with Crippen LogP contribution >= 0.6 is 0 Å². The van der Waals surface area contributed by atoms with Crippen molar-refractivity contribution in [2.75, 3.05) is 0 Å². The predicted molar refractivity (Wildman–Crippen MR) is 97.4 cm³/mol. The number of rotatable bonds is 8. The average Bonchev–Trinajstić information content (AvgIpc) is 2.62. The van der Waals surface area contributed by atoms with Crippen LogP contribution in [0.4, 0.5) is 0 Å². The molecule has 0 aliphatic rings.